The van der Waals surface area contributed by atoms with Crippen LogP contribution in [0, 0.1) is 6.92 Å². The maximum atomic E-state index is 13.2. The van der Waals surface area contributed by atoms with Crippen molar-refractivity contribution in [1.82, 2.24) is 13.9 Å². The molecule has 1 N–H and O–H groups in total. The van der Waals surface area contributed by atoms with E-state index < -0.39 is 10.0 Å². The number of para-hydroxylation sites is 2. The zero-order valence-corrected chi connectivity index (χ0v) is 17.9. The molecule has 0 saturated carbocycles. The number of rotatable bonds is 5. The Balaban J connectivity index is 1.53. The monoisotopic (exact) mass is 426 g/mol. The van der Waals surface area contributed by atoms with Crippen LogP contribution >= 0.6 is 0 Å². The highest BCUT2D eigenvalue weighted by Crippen LogP contribution is 2.26. The van der Waals surface area contributed by atoms with Gasteiger partial charge in [-0.05, 0) is 49.6 Å². The second-order valence-corrected chi connectivity index (χ2v) is 9.61. The number of anilines is 1. The first-order valence-corrected chi connectivity index (χ1v) is 11.7. The van der Waals surface area contributed by atoms with Crippen molar-refractivity contribution in [2.45, 2.75) is 44.0 Å². The molecule has 0 atom stereocenters. The molecule has 30 heavy (non-hydrogen) atoms. The summed E-state index contributed by atoms with van der Waals surface area (Å²) in [6.07, 6.45) is 5.52. The van der Waals surface area contributed by atoms with Crippen LogP contribution in [0.4, 0.5) is 5.69 Å². The maximum absolute atomic E-state index is 13.2. The molecule has 1 aliphatic rings. The molecule has 3 aromatic rings. The van der Waals surface area contributed by atoms with Crippen molar-refractivity contribution in [3.05, 3.63) is 54.4 Å². The molecule has 1 aliphatic heterocycles. The lowest BCUT2D eigenvalue weighted by atomic mass is 10.2. The SMILES string of the molecule is Cc1ccc(NC(=O)Cn2cnc3ccccc32)cc1S(=O)(=O)N1CCCCCC1. The van der Waals surface area contributed by atoms with Crippen molar-refractivity contribution >= 4 is 32.7 Å². The first-order valence-electron chi connectivity index (χ1n) is 10.3. The quantitative estimate of drug-likeness (QED) is 0.676. The van der Waals surface area contributed by atoms with Crippen LogP contribution < -0.4 is 5.32 Å². The Bertz CT molecular complexity index is 1160. The van der Waals surface area contributed by atoms with Gasteiger partial charge in [0.2, 0.25) is 15.9 Å². The Labute approximate surface area is 176 Å². The number of sulfonamides is 1. The minimum Gasteiger partial charge on any atom is -0.324 e. The number of hydrogen-bond acceptors (Lipinski definition) is 4. The Morgan fingerprint density at radius 1 is 1.07 bits per heavy atom. The first-order chi connectivity index (χ1) is 14.4. The van der Waals surface area contributed by atoms with Crippen LogP contribution in [0.1, 0.15) is 31.2 Å². The zero-order chi connectivity index (χ0) is 21.1. The second-order valence-electron chi connectivity index (χ2n) is 7.71. The number of nitrogens with zero attached hydrogens (tertiary/aromatic N) is 3. The van der Waals surface area contributed by atoms with Gasteiger partial charge in [-0.3, -0.25) is 4.79 Å². The van der Waals surface area contributed by atoms with Gasteiger partial charge in [0.15, 0.2) is 0 Å². The minimum absolute atomic E-state index is 0.0998. The van der Waals surface area contributed by atoms with Crippen LogP contribution in [-0.2, 0) is 21.4 Å². The van der Waals surface area contributed by atoms with Gasteiger partial charge in [-0.1, -0.05) is 31.0 Å². The lowest BCUT2D eigenvalue weighted by Gasteiger charge is -2.21. The number of benzene rings is 2. The molecule has 1 saturated heterocycles. The third kappa shape index (κ3) is 4.24. The van der Waals surface area contributed by atoms with Gasteiger partial charge in [-0.25, -0.2) is 13.4 Å². The Hall–Kier alpha value is -2.71. The van der Waals surface area contributed by atoms with Gasteiger partial charge in [0.05, 0.1) is 22.3 Å². The molecule has 8 heteroatoms. The van der Waals surface area contributed by atoms with E-state index in [4.69, 9.17) is 0 Å². The van der Waals surface area contributed by atoms with E-state index in [1.54, 1.807) is 40.3 Å². The number of carbonyl (C=O) groups is 1. The summed E-state index contributed by atoms with van der Waals surface area (Å²) >= 11 is 0. The van der Waals surface area contributed by atoms with E-state index in [1.165, 1.54) is 0 Å². The average Bonchev–Trinajstić information content (AvgIpc) is 2.93. The number of aryl methyl sites for hydroxylation is 1. The molecule has 2 aromatic carbocycles. The summed E-state index contributed by atoms with van der Waals surface area (Å²) in [6, 6.07) is 12.7. The predicted octanol–water partition coefficient (Wildman–Crippen LogP) is 3.55. The molecule has 0 radical (unpaired) electrons. The molecule has 7 nitrogen and oxygen atoms in total. The Kier molecular flexibility index (Phi) is 5.87. The minimum atomic E-state index is -3.59. The summed E-state index contributed by atoms with van der Waals surface area (Å²) in [7, 11) is -3.59. The van der Waals surface area contributed by atoms with Crippen LogP contribution in [-0.4, -0.2) is 41.3 Å². The van der Waals surface area contributed by atoms with Gasteiger partial charge in [0.25, 0.3) is 0 Å². The lowest BCUT2D eigenvalue weighted by molar-refractivity contribution is -0.116. The summed E-state index contributed by atoms with van der Waals surface area (Å²) in [5.41, 5.74) is 2.86. The van der Waals surface area contributed by atoms with E-state index in [0.717, 1.165) is 36.7 Å². The fraction of sp³-hybridized carbons (Fsp3) is 0.364. The molecule has 4 rings (SSSR count). The molecule has 1 aromatic heterocycles. The molecular formula is C22H26N4O3S. The van der Waals surface area contributed by atoms with E-state index in [2.05, 4.69) is 10.3 Å². The van der Waals surface area contributed by atoms with Crippen LogP contribution in [0.2, 0.25) is 0 Å². The lowest BCUT2D eigenvalue weighted by Crippen LogP contribution is -2.32. The Morgan fingerprint density at radius 3 is 2.57 bits per heavy atom. The van der Waals surface area contributed by atoms with Crippen molar-refractivity contribution in [2.24, 2.45) is 0 Å². The predicted molar refractivity (Wildman–Crippen MR) is 117 cm³/mol. The molecule has 0 bridgehead atoms. The highest BCUT2D eigenvalue weighted by atomic mass is 32.2. The highest BCUT2D eigenvalue weighted by Gasteiger charge is 2.27. The summed E-state index contributed by atoms with van der Waals surface area (Å²) in [6.45, 7) is 2.98. The second kappa shape index (κ2) is 8.57. The van der Waals surface area contributed by atoms with Crippen molar-refractivity contribution in [2.75, 3.05) is 18.4 Å². The summed E-state index contributed by atoms with van der Waals surface area (Å²) in [4.78, 5) is 17.2. The largest absolute Gasteiger partial charge is 0.324 e. The molecular weight excluding hydrogens is 400 g/mol. The summed E-state index contributed by atoms with van der Waals surface area (Å²) in [5.74, 6) is -0.236. The average molecular weight is 427 g/mol. The number of carbonyl (C=O) groups excluding carboxylic acids is 1. The van der Waals surface area contributed by atoms with Gasteiger partial charge in [-0.15, -0.1) is 0 Å². The molecule has 1 amide bonds. The number of imidazole rings is 1. The van der Waals surface area contributed by atoms with Gasteiger partial charge in [0.1, 0.15) is 6.54 Å². The first kappa shape index (κ1) is 20.6. The van der Waals surface area contributed by atoms with E-state index in [1.807, 2.05) is 24.3 Å². The number of fused-ring (bicyclic) bond motifs is 1. The van der Waals surface area contributed by atoms with E-state index >= 15 is 0 Å². The maximum Gasteiger partial charge on any atom is 0.244 e. The summed E-state index contributed by atoms with van der Waals surface area (Å²) in [5, 5.41) is 2.83. The fourth-order valence-electron chi connectivity index (χ4n) is 3.87. The highest BCUT2D eigenvalue weighted by molar-refractivity contribution is 7.89. The summed E-state index contributed by atoms with van der Waals surface area (Å²) < 4.78 is 29.8. The number of nitrogens with one attached hydrogen (secondary N) is 1. The fourth-order valence-corrected chi connectivity index (χ4v) is 5.64. The van der Waals surface area contributed by atoms with Crippen LogP contribution in [0.15, 0.2) is 53.7 Å². The topological polar surface area (TPSA) is 84.3 Å². The van der Waals surface area contributed by atoms with E-state index in [0.29, 0.717) is 24.3 Å². The smallest absolute Gasteiger partial charge is 0.244 e. The third-order valence-corrected chi connectivity index (χ3v) is 7.54. The van der Waals surface area contributed by atoms with Crippen molar-refractivity contribution in [3.8, 4) is 0 Å². The number of aromatic nitrogens is 2. The van der Waals surface area contributed by atoms with Crippen LogP contribution in [0.25, 0.3) is 11.0 Å². The zero-order valence-electron chi connectivity index (χ0n) is 17.0. The van der Waals surface area contributed by atoms with Crippen molar-refractivity contribution in [1.29, 1.82) is 0 Å². The van der Waals surface area contributed by atoms with Crippen molar-refractivity contribution in [3.63, 3.8) is 0 Å². The molecule has 0 spiro atoms. The molecule has 2 heterocycles. The van der Waals surface area contributed by atoms with E-state index in [9.17, 15) is 13.2 Å². The Morgan fingerprint density at radius 2 is 1.80 bits per heavy atom. The third-order valence-electron chi connectivity index (χ3n) is 5.50. The van der Waals surface area contributed by atoms with Crippen LogP contribution in [0.5, 0.6) is 0 Å². The molecule has 158 valence electrons. The van der Waals surface area contributed by atoms with Gasteiger partial charge in [0, 0.05) is 18.8 Å². The van der Waals surface area contributed by atoms with Gasteiger partial charge < -0.3 is 9.88 Å². The van der Waals surface area contributed by atoms with Gasteiger partial charge >= 0.3 is 0 Å². The van der Waals surface area contributed by atoms with E-state index in [-0.39, 0.29) is 17.3 Å². The van der Waals surface area contributed by atoms with Gasteiger partial charge in [-0.2, -0.15) is 4.31 Å². The molecule has 1 fully saturated rings. The van der Waals surface area contributed by atoms with Crippen LogP contribution in [0.3, 0.4) is 0 Å². The normalized spacial score (nSPS) is 15.8. The number of hydrogen-bond donors (Lipinski definition) is 1. The standard InChI is InChI=1S/C22H26N4O3S/c1-17-10-11-18(14-21(17)30(28,29)26-12-6-2-3-7-13-26)24-22(27)15-25-16-23-19-8-4-5-9-20(19)25/h4-5,8-11,14,16H,2-3,6-7,12-13,15H2,1H3,(H,24,27). The number of amides is 1. The molecule has 0 unspecified atom stereocenters. The molecule has 0 aliphatic carbocycles. The van der Waals surface area contributed by atoms with Crippen molar-refractivity contribution < 1.29 is 13.2 Å².